The van der Waals surface area contributed by atoms with Gasteiger partial charge in [-0.15, -0.1) is 0 Å². The number of hydrogen-bond donors (Lipinski definition) is 0. The van der Waals surface area contributed by atoms with Crippen LogP contribution in [0.3, 0.4) is 0 Å². The van der Waals surface area contributed by atoms with E-state index in [1.54, 1.807) is 12.4 Å². The van der Waals surface area contributed by atoms with E-state index in [1.165, 1.54) is 12.0 Å². The molecule has 0 bridgehead atoms. The van der Waals surface area contributed by atoms with E-state index in [4.69, 9.17) is 4.52 Å². The molecule has 4 rings (SSSR count). The van der Waals surface area contributed by atoms with Gasteiger partial charge < -0.3 is 4.52 Å². The van der Waals surface area contributed by atoms with Crippen LogP contribution in [0.2, 0.25) is 0 Å². The Morgan fingerprint density at radius 2 is 1.52 bits per heavy atom. The summed E-state index contributed by atoms with van der Waals surface area (Å²) in [4.78, 5) is 12.7. The van der Waals surface area contributed by atoms with Gasteiger partial charge in [0.2, 0.25) is 0 Å². The zero-order valence-electron chi connectivity index (χ0n) is 18.5. The normalized spacial score (nSPS) is 9.84. The van der Waals surface area contributed by atoms with Crippen molar-refractivity contribution in [3.05, 3.63) is 82.9 Å². The van der Waals surface area contributed by atoms with E-state index in [0.717, 1.165) is 46.0 Å². The molecule has 31 heavy (non-hydrogen) atoms. The zero-order chi connectivity index (χ0) is 22.5. The predicted molar refractivity (Wildman–Crippen MR) is 130 cm³/mol. The quantitative estimate of drug-likeness (QED) is 0.289. The van der Waals surface area contributed by atoms with Crippen LogP contribution in [0, 0.1) is 0 Å². The summed E-state index contributed by atoms with van der Waals surface area (Å²) in [5, 5.41) is 3.94. The van der Waals surface area contributed by atoms with E-state index in [-0.39, 0.29) is 0 Å². The molecule has 0 spiro atoms. The molecule has 0 aliphatic heterocycles. The second-order valence-electron chi connectivity index (χ2n) is 6.71. The summed E-state index contributed by atoms with van der Waals surface area (Å²) in [6.45, 7) is 8.42. The van der Waals surface area contributed by atoms with Crippen molar-refractivity contribution in [2.75, 3.05) is 0 Å². The summed E-state index contributed by atoms with van der Waals surface area (Å²) in [7, 11) is 0. The standard InChI is InChI=1S/C12H12N2.C10H9BrN2O.C3H8/c1-2-10-5-3-6-11(9-10)12-13-7-4-8-14-12;1-2-7-6-9(13-14-7)8-4-3-5-10(11)12-8;1-3-2/h3-9H,2H2,1H3;3-6H,2H2,1H3;3H2,1-2H3. The van der Waals surface area contributed by atoms with Crippen LogP contribution in [0.4, 0.5) is 0 Å². The summed E-state index contributed by atoms with van der Waals surface area (Å²) < 4.78 is 5.90. The molecule has 0 N–H and O–H groups in total. The van der Waals surface area contributed by atoms with Gasteiger partial charge in [0.05, 0.1) is 5.69 Å². The highest BCUT2D eigenvalue weighted by atomic mass is 79.9. The Morgan fingerprint density at radius 3 is 2.13 bits per heavy atom. The van der Waals surface area contributed by atoms with Crippen LogP contribution < -0.4 is 0 Å². The highest BCUT2D eigenvalue weighted by molar-refractivity contribution is 9.10. The summed E-state index contributed by atoms with van der Waals surface area (Å²) >= 11 is 3.31. The van der Waals surface area contributed by atoms with Crippen molar-refractivity contribution in [1.29, 1.82) is 0 Å². The maximum absolute atomic E-state index is 5.10. The molecule has 0 unspecified atom stereocenters. The Balaban J connectivity index is 0.000000196. The van der Waals surface area contributed by atoms with Gasteiger partial charge in [0, 0.05) is 30.4 Å². The van der Waals surface area contributed by atoms with Crippen molar-refractivity contribution in [2.45, 2.75) is 47.0 Å². The molecule has 0 atom stereocenters. The van der Waals surface area contributed by atoms with Crippen LogP contribution in [-0.2, 0) is 12.8 Å². The van der Waals surface area contributed by atoms with Crippen molar-refractivity contribution in [2.24, 2.45) is 0 Å². The molecule has 6 heteroatoms. The first-order valence-corrected chi connectivity index (χ1v) is 11.3. The molecule has 0 aliphatic rings. The van der Waals surface area contributed by atoms with Gasteiger partial charge in [-0.3, -0.25) is 0 Å². The summed E-state index contributed by atoms with van der Waals surface area (Å²) in [6.07, 6.45) is 6.67. The van der Waals surface area contributed by atoms with Gasteiger partial charge in [-0.05, 0) is 52.2 Å². The Kier molecular flexibility index (Phi) is 10.6. The molecule has 5 nitrogen and oxygen atoms in total. The van der Waals surface area contributed by atoms with Crippen LogP contribution in [0.15, 0.2) is 76.1 Å². The van der Waals surface area contributed by atoms with Crippen molar-refractivity contribution >= 4 is 15.9 Å². The number of hydrogen-bond acceptors (Lipinski definition) is 5. The first-order valence-electron chi connectivity index (χ1n) is 10.6. The first-order chi connectivity index (χ1) is 15.1. The number of aryl methyl sites for hydroxylation is 2. The molecule has 0 aliphatic carbocycles. The lowest BCUT2D eigenvalue weighted by atomic mass is 10.1. The highest BCUT2D eigenvalue weighted by Gasteiger charge is 2.06. The first kappa shape index (κ1) is 24.4. The maximum atomic E-state index is 5.10. The molecule has 3 aromatic heterocycles. The number of pyridine rings is 1. The Bertz CT molecular complexity index is 1030. The van der Waals surface area contributed by atoms with E-state index >= 15 is 0 Å². The molecule has 0 saturated carbocycles. The third-order valence-electron chi connectivity index (χ3n) is 4.04. The summed E-state index contributed by atoms with van der Waals surface area (Å²) in [6, 6.07) is 17.8. The van der Waals surface area contributed by atoms with Crippen molar-refractivity contribution in [3.63, 3.8) is 0 Å². The average molecular weight is 481 g/mol. The molecular weight excluding hydrogens is 452 g/mol. The van der Waals surface area contributed by atoms with Crippen molar-refractivity contribution < 1.29 is 4.52 Å². The molecule has 0 fully saturated rings. The zero-order valence-corrected chi connectivity index (χ0v) is 20.1. The fourth-order valence-corrected chi connectivity index (χ4v) is 2.87. The molecular formula is C25H29BrN4O. The Labute approximate surface area is 193 Å². The minimum atomic E-state index is 0.781. The Hall–Kier alpha value is -2.86. The predicted octanol–water partition coefficient (Wildman–Crippen LogP) is 7.18. The number of benzene rings is 1. The fraction of sp³-hybridized carbons (Fsp3) is 0.280. The van der Waals surface area contributed by atoms with E-state index in [2.05, 4.69) is 68.9 Å². The maximum Gasteiger partial charge on any atom is 0.159 e. The summed E-state index contributed by atoms with van der Waals surface area (Å²) in [5.41, 5.74) is 4.01. The number of halogens is 1. The fourth-order valence-electron chi connectivity index (χ4n) is 2.53. The monoisotopic (exact) mass is 480 g/mol. The SMILES string of the molecule is CCC.CCc1cc(-c2cccc(Br)n2)no1.CCc1cccc(-c2ncccn2)c1. The summed E-state index contributed by atoms with van der Waals surface area (Å²) in [5.74, 6) is 1.67. The lowest BCUT2D eigenvalue weighted by Gasteiger charge is -2.01. The average Bonchev–Trinajstić information content (AvgIpc) is 3.30. The van der Waals surface area contributed by atoms with Crippen LogP contribution in [0.5, 0.6) is 0 Å². The van der Waals surface area contributed by atoms with Gasteiger partial charge in [-0.2, -0.15) is 0 Å². The molecule has 0 amide bonds. The molecule has 3 heterocycles. The van der Waals surface area contributed by atoms with Crippen molar-refractivity contribution in [3.8, 4) is 22.8 Å². The highest BCUT2D eigenvalue weighted by Crippen LogP contribution is 2.19. The van der Waals surface area contributed by atoms with E-state index in [1.807, 2.05) is 49.4 Å². The minimum Gasteiger partial charge on any atom is -0.361 e. The van der Waals surface area contributed by atoms with Gasteiger partial charge >= 0.3 is 0 Å². The second-order valence-corrected chi connectivity index (χ2v) is 7.52. The van der Waals surface area contributed by atoms with Gasteiger partial charge in [-0.25, -0.2) is 15.0 Å². The van der Waals surface area contributed by atoms with Crippen LogP contribution in [0.1, 0.15) is 45.4 Å². The molecule has 4 aromatic rings. The number of nitrogens with zero attached hydrogens (tertiary/aromatic N) is 4. The van der Waals surface area contributed by atoms with Gasteiger partial charge in [0.15, 0.2) is 5.82 Å². The molecule has 162 valence electrons. The van der Waals surface area contributed by atoms with E-state index in [9.17, 15) is 0 Å². The molecule has 0 radical (unpaired) electrons. The molecule has 1 aromatic carbocycles. The van der Waals surface area contributed by atoms with Gasteiger partial charge in [0.25, 0.3) is 0 Å². The minimum absolute atomic E-state index is 0.781. The smallest absolute Gasteiger partial charge is 0.159 e. The molecule has 0 saturated heterocycles. The second kappa shape index (κ2) is 13.4. The third-order valence-corrected chi connectivity index (χ3v) is 4.49. The number of rotatable bonds is 4. The van der Waals surface area contributed by atoms with E-state index in [0.29, 0.717) is 0 Å². The topological polar surface area (TPSA) is 64.7 Å². The lowest BCUT2D eigenvalue weighted by Crippen LogP contribution is -1.88. The van der Waals surface area contributed by atoms with Crippen molar-refractivity contribution in [1.82, 2.24) is 20.1 Å². The largest absolute Gasteiger partial charge is 0.361 e. The number of aromatic nitrogens is 4. The van der Waals surface area contributed by atoms with Crippen LogP contribution >= 0.6 is 15.9 Å². The van der Waals surface area contributed by atoms with E-state index < -0.39 is 0 Å². The lowest BCUT2D eigenvalue weighted by molar-refractivity contribution is 0.389. The van der Waals surface area contributed by atoms with Crippen LogP contribution in [-0.4, -0.2) is 20.1 Å². The van der Waals surface area contributed by atoms with Gasteiger partial charge in [-0.1, -0.05) is 63.5 Å². The van der Waals surface area contributed by atoms with Crippen LogP contribution in [0.25, 0.3) is 22.8 Å². The third kappa shape index (κ3) is 8.06. The Morgan fingerprint density at radius 1 is 0.806 bits per heavy atom. The van der Waals surface area contributed by atoms with Gasteiger partial charge in [0.1, 0.15) is 16.1 Å².